The second-order valence-electron chi connectivity index (χ2n) is 5.32. The van der Waals surface area contributed by atoms with Crippen molar-refractivity contribution in [3.05, 3.63) is 46.6 Å². The van der Waals surface area contributed by atoms with Crippen molar-refractivity contribution in [2.24, 2.45) is 5.73 Å². The number of hydrogen-bond acceptors (Lipinski definition) is 4. The molecule has 0 aromatic heterocycles. The molecular formula is C15H15I3NO4P. The maximum atomic E-state index is 11.6. The summed E-state index contributed by atoms with van der Waals surface area (Å²) in [6.45, 7) is 1.28. The summed E-state index contributed by atoms with van der Waals surface area (Å²) < 4.78 is 20.0. The Labute approximate surface area is 181 Å². The van der Waals surface area contributed by atoms with Crippen molar-refractivity contribution in [3.63, 3.8) is 0 Å². The second kappa shape index (κ2) is 8.38. The van der Waals surface area contributed by atoms with E-state index in [1.165, 1.54) is 6.66 Å². The summed E-state index contributed by atoms with van der Waals surface area (Å²) in [5.74, 6) is 0.767. The summed E-state index contributed by atoms with van der Waals surface area (Å²) in [6.07, 6.45) is 0.327. The number of phenols is 1. The molecule has 130 valence electrons. The van der Waals surface area contributed by atoms with Gasteiger partial charge in [0.2, 0.25) is 7.37 Å². The van der Waals surface area contributed by atoms with E-state index in [1.54, 1.807) is 18.2 Å². The van der Waals surface area contributed by atoms with Crippen molar-refractivity contribution in [2.75, 3.05) is 6.66 Å². The highest BCUT2D eigenvalue weighted by atomic mass is 127. The van der Waals surface area contributed by atoms with Crippen molar-refractivity contribution in [3.8, 4) is 17.2 Å². The molecule has 0 heterocycles. The zero-order chi connectivity index (χ0) is 18.1. The molecule has 0 aliphatic carbocycles. The fourth-order valence-corrected chi connectivity index (χ4v) is 5.06. The first kappa shape index (κ1) is 20.7. The Balaban J connectivity index is 2.26. The molecule has 2 unspecified atom stereocenters. The van der Waals surface area contributed by atoms with E-state index in [9.17, 15) is 14.6 Å². The molecule has 0 fully saturated rings. The largest absolute Gasteiger partial charge is 0.507 e. The average molecular weight is 685 g/mol. The standard InChI is InChI=1S/C15H15I3NO4P/c1-24(21,22)14(19)6-8-4-11(17)15(12(18)5-8)23-9-2-3-13(20)10(16)7-9/h2-5,7,14,20H,6,19H2,1H3,(H,21,22). The molecule has 0 saturated heterocycles. The smallest absolute Gasteiger partial charge is 0.214 e. The van der Waals surface area contributed by atoms with Crippen LogP contribution in [0.15, 0.2) is 30.3 Å². The van der Waals surface area contributed by atoms with Gasteiger partial charge in [-0.05, 0) is 110 Å². The molecule has 2 aromatic rings. The molecule has 4 N–H and O–H groups in total. The van der Waals surface area contributed by atoms with Crippen LogP contribution in [0.1, 0.15) is 5.56 Å². The van der Waals surface area contributed by atoms with Crippen molar-refractivity contribution in [1.29, 1.82) is 0 Å². The fourth-order valence-electron chi connectivity index (χ4n) is 1.91. The molecule has 0 aliphatic heterocycles. The summed E-state index contributed by atoms with van der Waals surface area (Å²) >= 11 is 6.37. The minimum absolute atomic E-state index is 0.213. The normalized spacial score (nSPS) is 14.9. The molecule has 0 amide bonds. The Morgan fingerprint density at radius 3 is 2.25 bits per heavy atom. The molecule has 9 heteroatoms. The predicted octanol–water partition coefficient (Wildman–Crippen LogP) is 4.73. The van der Waals surface area contributed by atoms with Gasteiger partial charge in [0, 0.05) is 6.66 Å². The minimum Gasteiger partial charge on any atom is -0.507 e. The number of benzene rings is 2. The van der Waals surface area contributed by atoms with E-state index >= 15 is 0 Å². The number of phenolic OH excluding ortho intramolecular Hbond substituents is 1. The van der Waals surface area contributed by atoms with Crippen LogP contribution in [0.3, 0.4) is 0 Å². The lowest BCUT2D eigenvalue weighted by Gasteiger charge is -2.17. The molecule has 2 aromatic carbocycles. The van der Waals surface area contributed by atoms with Crippen LogP contribution in [0.25, 0.3) is 0 Å². The molecular weight excluding hydrogens is 670 g/mol. The lowest BCUT2D eigenvalue weighted by Crippen LogP contribution is -2.22. The maximum absolute atomic E-state index is 11.6. The Morgan fingerprint density at radius 2 is 1.75 bits per heavy atom. The highest BCUT2D eigenvalue weighted by molar-refractivity contribution is 14.1. The van der Waals surface area contributed by atoms with Gasteiger partial charge in [0.15, 0.2) is 5.75 Å². The number of nitrogens with two attached hydrogens (primary N) is 1. The number of aromatic hydroxyl groups is 1. The van der Waals surface area contributed by atoms with E-state index < -0.39 is 13.2 Å². The van der Waals surface area contributed by atoms with Crippen molar-refractivity contribution < 1.29 is 19.3 Å². The highest BCUT2D eigenvalue weighted by Crippen LogP contribution is 2.41. The fraction of sp³-hybridized carbons (Fsp3) is 0.200. The summed E-state index contributed by atoms with van der Waals surface area (Å²) in [5.41, 5.74) is 6.69. The third-order valence-electron chi connectivity index (χ3n) is 3.26. The third-order valence-corrected chi connectivity index (χ3v) is 7.14. The quantitative estimate of drug-likeness (QED) is 0.313. The van der Waals surface area contributed by atoms with Crippen molar-refractivity contribution >= 4 is 75.1 Å². The van der Waals surface area contributed by atoms with Gasteiger partial charge in [-0.2, -0.15) is 0 Å². The van der Waals surface area contributed by atoms with E-state index in [4.69, 9.17) is 10.5 Å². The Hall–Kier alpha value is 0.380. The van der Waals surface area contributed by atoms with Gasteiger partial charge in [0.25, 0.3) is 0 Å². The van der Waals surface area contributed by atoms with Crippen LogP contribution in [0.4, 0.5) is 0 Å². The van der Waals surface area contributed by atoms with Crippen LogP contribution in [0, 0.1) is 10.7 Å². The third kappa shape index (κ3) is 5.44. The second-order valence-corrected chi connectivity index (χ2v) is 11.4. The van der Waals surface area contributed by atoms with Gasteiger partial charge < -0.3 is 20.5 Å². The molecule has 0 bridgehead atoms. The molecule has 2 rings (SSSR count). The molecule has 0 aliphatic rings. The number of rotatable bonds is 5. The van der Waals surface area contributed by atoms with Gasteiger partial charge >= 0.3 is 0 Å². The predicted molar refractivity (Wildman–Crippen MR) is 120 cm³/mol. The van der Waals surface area contributed by atoms with E-state index in [0.29, 0.717) is 21.5 Å². The first-order valence-corrected chi connectivity index (χ1v) is 12.2. The Morgan fingerprint density at radius 1 is 1.17 bits per heavy atom. The van der Waals surface area contributed by atoms with Crippen LogP contribution >= 0.6 is 75.1 Å². The van der Waals surface area contributed by atoms with Crippen molar-refractivity contribution in [1.82, 2.24) is 0 Å². The van der Waals surface area contributed by atoms with Crippen LogP contribution in [0.2, 0.25) is 0 Å². The van der Waals surface area contributed by atoms with E-state index in [-0.39, 0.29) is 5.75 Å². The highest BCUT2D eigenvalue weighted by Gasteiger charge is 2.22. The lowest BCUT2D eigenvalue weighted by atomic mass is 10.1. The van der Waals surface area contributed by atoms with E-state index in [2.05, 4.69) is 45.2 Å². The minimum atomic E-state index is -3.31. The average Bonchev–Trinajstić information content (AvgIpc) is 2.45. The van der Waals surface area contributed by atoms with Gasteiger partial charge in [-0.1, -0.05) is 0 Å². The summed E-state index contributed by atoms with van der Waals surface area (Å²) in [6, 6.07) is 8.85. The van der Waals surface area contributed by atoms with Gasteiger partial charge in [0.05, 0.1) is 16.5 Å². The Bertz CT molecular complexity index is 786. The zero-order valence-corrected chi connectivity index (χ0v) is 19.9. The molecule has 5 nitrogen and oxygen atoms in total. The van der Waals surface area contributed by atoms with Crippen LogP contribution < -0.4 is 10.5 Å². The molecule has 24 heavy (non-hydrogen) atoms. The van der Waals surface area contributed by atoms with Gasteiger partial charge in [0.1, 0.15) is 11.5 Å². The van der Waals surface area contributed by atoms with Crippen LogP contribution in [0.5, 0.6) is 17.2 Å². The monoisotopic (exact) mass is 685 g/mol. The maximum Gasteiger partial charge on any atom is 0.214 e. The van der Waals surface area contributed by atoms with Crippen molar-refractivity contribution in [2.45, 2.75) is 12.2 Å². The Kier molecular flexibility index (Phi) is 7.22. The van der Waals surface area contributed by atoms with Crippen LogP contribution in [-0.2, 0) is 11.0 Å². The van der Waals surface area contributed by atoms with Gasteiger partial charge in [-0.3, -0.25) is 4.57 Å². The summed E-state index contributed by atoms with van der Waals surface area (Å²) in [5, 5.41) is 9.58. The van der Waals surface area contributed by atoms with Gasteiger partial charge in [-0.15, -0.1) is 0 Å². The number of ether oxygens (including phenoxy) is 1. The van der Waals surface area contributed by atoms with Gasteiger partial charge in [-0.25, -0.2) is 0 Å². The topological polar surface area (TPSA) is 92.8 Å². The first-order chi connectivity index (χ1) is 11.1. The number of halogens is 3. The SMILES string of the molecule is CP(=O)(O)C(N)Cc1cc(I)c(Oc2ccc(O)c(I)c2)c(I)c1. The summed E-state index contributed by atoms with van der Waals surface area (Å²) in [4.78, 5) is 9.56. The summed E-state index contributed by atoms with van der Waals surface area (Å²) in [7, 11) is -3.31. The lowest BCUT2D eigenvalue weighted by molar-refractivity contribution is 0.458. The molecule has 0 radical (unpaired) electrons. The van der Waals surface area contributed by atoms with E-state index in [1.807, 2.05) is 34.7 Å². The number of hydrogen-bond donors (Lipinski definition) is 3. The zero-order valence-electron chi connectivity index (χ0n) is 12.5. The molecule has 0 spiro atoms. The van der Waals surface area contributed by atoms with Crippen LogP contribution in [-0.4, -0.2) is 22.4 Å². The molecule has 0 saturated carbocycles. The van der Waals surface area contributed by atoms with E-state index in [0.717, 1.165) is 12.7 Å². The molecule has 2 atom stereocenters. The first-order valence-electron chi connectivity index (χ1n) is 6.77.